The first-order valence-electron chi connectivity index (χ1n) is 6.82. The van der Waals surface area contributed by atoms with Crippen molar-refractivity contribution in [1.82, 2.24) is 5.32 Å². The average Bonchev–Trinajstić information content (AvgIpc) is 2.96. The van der Waals surface area contributed by atoms with Gasteiger partial charge in [0.1, 0.15) is 5.82 Å². The number of hydrogen-bond acceptors (Lipinski definition) is 3. The Labute approximate surface area is 117 Å². The van der Waals surface area contributed by atoms with Gasteiger partial charge < -0.3 is 10.1 Å². The van der Waals surface area contributed by atoms with E-state index < -0.39 is 0 Å². The topological polar surface area (TPSA) is 55.4 Å². The predicted molar refractivity (Wildman–Crippen MR) is 71.9 cm³/mol. The van der Waals surface area contributed by atoms with Crippen molar-refractivity contribution in [3.8, 4) is 0 Å². The van der Waals surface area contributed by atoms with Crippen LogP contribution in [0.1, 0.15) is 36.0 Å². The van der Waals surface area contributed by atoms with E-state index in [0.717, 1.165) is 19.4 Å². The molecule has 1 N–H and O–H groups in total. The molecule has 2 rings (SSSR count). The lowest BCUT2D eigenvalue weighted by Gasteiger charge is -2.10. The van der Waals surface area contributed by atoms with Crippen molar-refractivity contribution in [2.75, 3.05) is 13.2 Å². The van der Waals surface area contributed by atoms with Crippen molar-refractivity contribution >= 4 is 11.7 Å². The van der Waals surface area contributed by atoms with E-state index in [0.29, 0.717) is 12.1 Å². The number of amides is 1. The third kappa shape index (κ3) is 4.42. The Balaban J connectivity index is 1.69. The molecule has 0 spiro atoms. The van der Waals surface area contributed by atoms with Crippen LogP contribution in [0.3, 0.4) is 0 Å². The molecule has 1 aromatic rings. The van der Waals surface area contributed by atoms with E-state index in [1.165, 1.54) is 24.3 Å². The van der Waals surface area contributed by atoms with Crippen molar-refractivity contribution in [3.63, 3.8) is 0 Å². The zero-order valence-electron chi connectivity index (χ0n) is 11.2. The molecule has 1 amide bonds. The molecule has 0 aromatic heterocycles. The second-order valence-electron chi connectivity index (χ2n) is 4.87. The minimum Gasteiger partial charge on any atom is -0.376 e. The van der Waals surface area contributed by atoms with E-state index in [-0.39, 0.29) is 36.5 Å². The third-order valence-electron chi connectivity index (χ3n) is 3.30. The summed E-state index contributed by atoms with van der Waals surface area (Å²) in [6.45, 7) is 1.26. The van der Waals surface area contributed by atoms with Crippen molar-refractivity contribution in [2.45, 2.75) is 31.8 Å². The molecule has 5 heteroatoms. The quantitative estimate of drug-likeness (QED) is 0.811. The molecule has 0 aliphatic carbocycles. The number of halogens is 1. The first-order chi connectivity index (χ1) is 9.65. The van der Waals surface area contributed by atoms with Crippen LogP contribution in [-0.2, 0) is 9.53 Å². The molecule has 20 heavy (non-hydrogen) atoms. The molecule has 0 radical (unpaired) electrons. The molecule has 0 bridgehead atoms. The van der Waals surface area contributed by atoms with Gasteiger partial charge in [-0.3, -0.25) is 9.59 Å². The maximum atomic E-state index is 12.7. The van der Waals surface area contributed by atoms with Crippen LogP contribution in [0.2, 0.25) is 0 Å². The molecule has 1 aliphatic rings. The molecule has 0 saturated carbocycles. The summed E-state index contributed by atoms with van der Waals surface area (Å²) in [6, 6.07) is 5.35. The number of carbonyl (C=O) groups excluding carboxylic acids is 2. The van der Waals surface area contributed by atoms with Crippen LogP contribution < -0.4 is 5.32 Å². The molecule has 1 aromatic carbocycles. The van der Waals surface area contributed by atoms with Crippen molar-refractivity contribution in [1.29, 1.82) is 0 Å². The van der Waals surface area contributed by atoms with Gasteiger partial charge in [0.15, 0.2) is 5.78 Å². The standard InChI is InChI=1S/C15H18FNO3/c16-12-5-3-11(4-6-12)14(18)7-8-15(19)17-10-13-2-1-9-20-13/h3-6,13H,1-2,7-10H2,(H,17,19). The van der Waals surface area contributed by atoms with Crippen molar-refractivity contribution < 1.29 is 18.7 Å². The number of ketones is 1. The monoisotopic (exact) mass is 279 g/mol. The summed E-state index contributed by atoms with van der Waals surface area (Å²) >= 11 is 0. The summed E-state index contributed by atoms with van der Waals surface area (Å²) in [5.41, 5.74) is 0.429. The van der Waals surface area contributed by atoms with Crippen LogP contribution in [0.4, 0.5) is 4.39 Å². The average molecular weight is 279 g/mol. The van der Waals surface area contributed by atoms with E-state index in [2.05, 4.69) is 5.32 Å². The number of hydrogen-bond donors (Lipinski definition) is 1. The number of ether oxygens (including phenoxy) is 1. The Morgan fingerprint density at radius 2 is 2.00 bits per heavy atom. The van der Waals surface area contributed by atoms with Gasteiger partial charge in [-0.25, -0.2) is 4.39 Å². The van der Waals surface area contributed by atoms with Crippen LogP contribution in [0.25, 0.3) is 0 Å². The molecule has 1 saturated heterocycles. The molecule has 4 nitrogen and oxygen atoms in total. The van der Waals surface area contributed by atoms with Crippen LogP contribution >= 0.6 is 0 Å². The number of benzene rings is 1. The van der Waals surface area contributed by atoms with Gasteiger partial charge in [-0.2, -0.15) is 0 Å². The van der Waals surface area contributed by atoms with E-state index in [1.807, 2.05) is 0 Å². The summed E-state index contributed by atoms with van der Waals surface area (Å²) in [7, 11) is 0. The lowest BCUT2D eigenvalue weighted by atomic mass is 10.1. The smallest absolute Gasteiger partial charge is 0.220 e. The Morgan fingerprint density at radius 1 is 1.25 bits per heavy atom. The zero-order valence-corrected chi connectivity index (χ0v) is 11.2. The molecule has 1 aliphatic heterocycles. The minimum absolute atomic E-state index is 0.103. The predicted octanol–water partition coefficient (Wildman–Crippen LogP) is 2.08. The van der Waals surface area contributed by atoms with Crippen molar-refractivity contribution in [3.05, 3.63) is 35.6 Å². The Bertz CT molecular complexity index is 467. The summed E-state index contributed by atoms with van der Waals surface area (Å²) in [6.07, 6.45) is 2.37. The van der Waals surface area contributed by atoms with E-state index in [4.69, 9.17) is 4.74 Å². The summed E-state index contributed by atoms with van der Waals surface area (Å²) < 4.78 is 18.1. The maximum absolute atomic E-state index is 12.7. The molecule has 1 fully saturated rings. The third-order valence-corrected chi connectivity index (χ3v) is 3.30. The van der Waals surface area contributed by atoms with Crippen LogP contribution in [0.5, 0.6) is 0 Å². The van der Waals surface area contributed by atoms with Gasteiger partial charge >= 0.3 is 0 Å². The maximum Gasteiger partial charge on any atom is 0.220 e. The highest BCUT2D eigenvalue weighted by atomic mass is 19.1. The highest BCUT2D eigenvalue weighted by Crippen LogP contribution is 2.11. The fourth-order valence-corrected chi connectivity index (χ4v) is 2.13. The second-order valence-corrected chi connectivity index (χ2v) is 4.87. The Hall–Kier alpha value is -1.75. The number of carbonyl (C=O) groups is 2. The van der Waals surface area contributed by atoms with Gasteiger partial charge in [0.25, 0.3) is 0 Å². The van der Waals surface area contributed by atoms with Gasteiger partial charge in [0.05, 0.1) is 6.10 Å². The SMILES string of the molecule is O=C(CCC(=O)c1ccc(F)cc1)NCC1CCCO1. The highest BCUT2D eigenvalue weighted by molar-refractivity contribution is 5.97. The molecule has 1 atom stereocenters. The van der Waals surface area contributed by atoms with E-state index in [1.54, 1.807) is 0 Å². The van der Waals surface area contributed by atoms with Crippen LogP contribution in [-0.4, -0.2) is 30.9 Å². The van der Waals surface area contributed by atoms with Gasteiger partial charge in [0.2, 0.25) is 5.91 Å². The zero-order chi connectivity index (χ0) is 14.4. The largest absolute Gasteiger partial charge is 0.376 e. The van der Waals surface area contributed by atoms with E-state index >= 15 is 0 Å². The minimum atomic E-state index is -0.379. The fourth-order valence-electron chi connectivity index (χ4n) is 2.13. The number of rotatable bonds is 6. The Kier molecular flexibility index (Phi) is 5.24. The molecular weight excluding hydrogens is 261 g/mol. The highest BCUT2D eigenvalue weighted by Gasteiger charge is 2.16. The van der Waals surface area contributed by atoms with E-state index in [9.17, 15) is 14.0 Å². The van der Waals surface area contributed by atoms with Gasteiger partial charge in [0, 0.05) is 31.6 Å². The van der Waals surface area contributed by atoms with Gasteiger partial charge in [-0.05, 0) is 37.1 Å². The normalized spacial score (nSPS) is 17.9. The number of Topliss-reactive ketones (excluding diaryl/α,β-unsaturated/α-hetero) is 1. The molecule has 1 unspecified atom stereocenters. The van der Waals surface area contributed by atoms with Gasteiger partial charge in [-0.1, -0.05) is 0 Å². The molecular formula is C15H18FNO3. The van der Waals surface area contributed by atoms with Crippen LogP contribution in [0.15, 0.2) is 24.3 Å². The number of nitrogens with one attached hydrogen (secondary N) is 1. The Morgan fingerprint density at radius 3 is 2.65 bits per heavy atom. The first kappa shape index (κ1) is 14.7. The molecule has 108 valence electrons. The van der Waals surface area contributed by atoms with Crippen molar-refractivity contribution in [2.24, 2.45) is 0 Å². The molecule has 1 heterocycles. The summed E-state index contributed by atoms with van der Waals surface area (Å²) in [5, 5.41) is 2.76. The lowest BCUT2D eigenvalue weighted by Crippen LogP contribution is -2.31. The fraction of sp³-hybridized carbons (Fsp3) is 0.467. The summed E-state index contributed by atoms with van der Waals surface area (Å²) in [4.78, 5) is 23.4. The van der Waals surface area contributed by atoms with Crippen LogP contribution in [0, 0.1) is 5.82 Å². The first-order valence-corrected chi connectivity index (χ1v) is 6.82. The second kappa shape index (κ2) is 7.14. The lowest BCUT2D eigenvalue weighted by molar-refractivity contribution is -0.121. The van der Waals surface area contributed by atoms with Gasteiger partial charge in [-0.15, -0.1) is 0 Å². The summed E-state index contributed by atoms with van der Waals surface area (Å²) in [5.74, 6) is -0.691.